The van der Waals surface area contributed by atoms with E-state index in [1.807, 2.05) is 0 Å². The van der Waals surface area contributed by atoms with E-state index in [9.17, 15) is 4.79 Å². The predicted molar refractivity (Wildman–Crippen MR) is 116 cm³/mol. The number of rotatable bonds is 7. The van der Waals surface area contributed by atoms with Gasteiger partial charge in [-0.2, -0.15) is 0 Å². The summed E-state index contributed by atoms with van der Waals surface area (Å²) in [5.74, 6) is 2.63. The van der Waals surface area contributed by atoms with Crippen molar-refractivity contribution in [3.05, 3.63) is 34.0 Å². The molecule has 4 atom stereocenters. The Kier molecular flexibility index (Phi) is 6.06. The van der Waals surface area contributed by atoms with Crippen LogP contribution < -0.4 is 5.32 Å². The maximum Gasteiger partial charge on any atom is 0.217 e. The smallest absolute Gasteiger partial charge is 0.217 e. The summed E-state index contributed by atoms with van der Waals surface area (Å²) < 4.78 is 2.42. The molecule has 2 aliphatic rings. The van der Waals surface area contributed by atoms with Crippen molar-refractivity contribution in [2.24, 2.45) is 0 Å². The quantitative estimate of drug-likeness (QED) is 0.736. The Hall–Kier alpha value is -1.73. The summed E-state index contributed by atoms with van der Waals surface area (Å²) in [6.45, 7) is 9.16. The largest absolute Gasteiger partial charge is 0.349 e. The van der Waals surface area contributed by atoms with Crippen LogP contribution in [0.5, 0.6) is 0 Å². The highest BCUT2D eigenvalue weighted by atomic mass is 32.1. The molecule has 29 heavy (non-hydrogen) atoms. The van der Waals surface area contributed by atoms with Crippen molar-refractivity contribution in [1.82, 2.24) is 25.0 Å². The van der Waals surface area contributed by atoms with Gasteiger partial charge in [0.1, 0.15) is 11.6 Å². The molecule has 2 saturated heterocycles. The second-order valence-electron chi connectivity index (χ2n) is 8.94. The van der Waals surface area contributed by atoms with Gasteiger partial charge in [0.2, 0.25) is 5.91 Å². The Bertz CT molecular complexity index is 816. The molecular formula is C22H33N5OS. The molecule has 2 aromatic heterocycles. The Morgan fingerprint density at radius 2 is 1.97 bits per heavy atom. The number of aromatic nitrogens is 3. The lowest BCUT2D eigenvalue weighted by molar-refractivity contribution is -0.119. The zero-order valence-electron chi connectivity index (χ0n) is 18.0. The van der Waals surface area contributed by atoms with E-state index in [1.165, 1.54) is 30.6 Å². The fraction of sp³-hybridized carbons (Fsp3) is 0.682. The van der Waals surface area contributed by atoms with Crippen LogP contribution in [0.1, 0.15) is 87.4 Å². The first-order valence-corrected chi connectivity index (χ1v) is 11.8. The predicted octanol–water partition coefficient (Wildman–Crippen LogP) is 4.21. The molecule has 2 aliphatic heterocycles. The van der Waals surface area contributed by atoms with Crippen LogP contribution in [0.3, 0.4) is 0 Å². The van der Waals surface area contributed by atoms with E-state index in [4.69, 9.17) is 0 Å². The summed E-state index contributed by atoms with van der Waals surface area (Å²) in [6.07, 6.45) is 5.89. The molecule has 4 rings (SSSR count). The van der Waals surface area contributed by atoms with Crippen molar-refractivity contribution < 1.29 is 4.79 Å². The van der Waals surface area contributed by atoms with Crippen molar-refractivity contribution in [3.8, 4) is 0 Å². The number of hydrogen-bond acceptors (Lipinski definition) is 5. The highest BCUT2D eigenvalue weighted by molar-refractivity contribution is 7.10. The van der Waals surface area contributed by atoms with E-state index >= 15 is 0 Å². The fourth-order valence-electron chi connectivity index (χ4n) is 5.35. The number of carbonyl (C=O) groups is 1. The van der Waals surface area contributed by atoms with E-state index in [0.29, 0.717) is 24.0 Å². The summed E-state index contributed by atoms with van der Waals surface area (Å²) in [5.41, 5.74) is 0. The fourth-order valence-corrected chi connectivity index (χ4v) is 6.16. The number of piperidine rings is 1. The molecule has 2 bridgehead atoms. The van der Waals surface area contributed by atoms with Gasteiger partial charge in [0.05, 0.1) is 6.04 Å². The highest BCUT2D eigenvalue weighted by Gasteiger charge is 2.42. The zero-order chi connectivity index (χ0) is 20.5. The van der Waals surface area contributed by atoms with E-state index in [1.54, 1.807) is 18.3 Å². The number of nitrogens with one attached hydrogen (secondary N) is 1. The summed E-state index contributed by atoms with van der Waals surface area (Å²) in [4.78, 5) is 15.7. The van der Waals surface area contributed by atoms with Gasteiger partial charge < -0.3 is 9.88 Å². The molecule has 7 heteroatoms. The summed E-state index contributed by atoms with van der Waals surface area (Å²) in [6, 6.07) is 6.09. The second kappa shape index (κ2) is 8.56. The van der Waals surface area contributed by atoms with Gasteiger partial charge >= 0.3 is 0 Å². The average Bonchev–Trinajstić information content (AvgIpc) is 3.37. The Labute approximate surface area is 177 Å². The average molecular weight is 416 g/mol. The molecule has 6 nitrogen and oxygen atoms in total. The molecule has 0 radical (unpaired) electrons. The first-order chi connectivity index (χ1) is 13.9. The molecule has 0 aromatic carbocycles. The molecule has 0 unspecified atom stereocenters. The third kappa shape index (κ3) is 4.26. The van der Waals surface area contributed by atoms with Crippen molar-refractivity contribution in [1.29, 1.82) is 0 Å². The van der Waals surface area contributed by atoms with Gasteiger partial charge in [0.15, 0.2) is 0 Å². The minimum atomic E-state index is 0.0503. The molecule has 0 saturated carbocycles. The number of hydrogen-bond donors (Lipinski definition) is 1. The lowest BCUT2D eigenvalue weighted by Crippen LogP contribution is -2.45. The van der Waals surface area contributed by atoms with Gasteiger partial charge in [-0.3, -0.25) is 9.69 Å². The van der Waals surface area contributed by atoms with E-state index in [0.717, 1.165) is 24.6 Å². The molecule has 1 amide bonds. The van der Waals surface area contributed by atoms with Gasteiger partial charge in [-0.25, -0.2) is 0 Å². The minimum Gasteiger partial charge on any atom is -0.349 e. The number of aryl methyl sites for hydroxylation is 1. The van der Waals surface area contributed by atoms with Gasteiger partial charge in [0, 0.05) is 42.4 Å². The molecule has 4 heterocycles. The molecule has 0 aliphatic carbocycles. The van der Waals surface area contributed by atoms with Crippen LogP contribution in [0.2, 0.25) is 0 Å². The standard InChI is InChI=1S/C22H33N5OS/c1-14(2)22-25-24-15(3)27(22)19-12-17-7-8-18(13-19)26(17)10-9-20(23-16(4)28)21-6-5-11-29-21/h5-6,11,14,17-20H,7-10,12-13H2,1-4H3,(H,23,28)/t17-,18+,19-,20-/m0/s1. The summed E-state index contributed by atoms with van der Waals surface area (Å²) in [5, 5.41) is 14.1. The molecular weight excluding hydrogens is 382 g/mol. The normalized spacial score (nSPS) is 25.5. The van der Waals surface area contributed by atoms with Crippen LogP contribution >= 0.6 is 11.3 Å². The van der Waals surface area contributed by atoms with Gasteiger partial charge in [0.25, 0.3) is 0 Å². The van der Waals surface area contributed by atoms with E-state index < -0.39 is 0 Å². The van der Waals surface area contributed by atoms with E-state index in [-0.39, 0.29) is 11.9 Å². The second-order valence-corrected chi connectivity index (χ2v) is 9.91. The van der Waals surface area contributed by atoms with Crippen molar-refractivity contribution in [2.75, 3.05) is 6.54 Å². The zero-order valence-corrected chi connectivity index (χ0v) is 18.8. The van der Waals surface area contributed by atoms with Gasteiger partial charge in [-0.15, -0.1) is 21.5 Å². The van der Waals surface area contributed by atoms with E-state index in [2.05, 4.69) is 63.3 Å². The Morgan fingerprint density at radius 3 is 2.55 bits per heavy atom. The van der Waals surface area contributed by atoms with Crippen molar-refractivity contribution in [2.45, 2.75) is 89.9 Å². The highest BCUT2D eigenvalue weighted by Crippen LogP contribution is 2.42. The van der Waals surface area contributed by atoms with Crippen LogP contribution in [0.15, 0.2) is 17.5 Å². The first kappa shape index (κ1) is 20.5. The van der Waals surface area contributed by atoms with Crippen molar-refractivity contribution in [3.63, 3.8) is 0 Å². The third-order valence-corrected chi connectivity index (χ3v) is 7.56. The number of nitrogens with zero attached hydrogens (tertiary/aromatic N) is 4. The van der Waals surface area contributed by atoms with Crippen LogP contribution in [-0.4, -0.2) is 44.2 Å². The van der Waals surface area contributed by atoms with Crippen LogP contribution in [0.4, 0.5) is 0 Å². The van der Waals surface area contributed by atoms with Crippen LogP contribution in [0, 0.1) is 6.92 Å². The molecule has 2 fully saturated rings. The number of amides is 1. The maximum absolute atomic E-state index is 11.7. The number of fused-ring (bicyclic) bond motifs is 2. The summed E-state index contributed by atoms with van der Waals surface area (Å²) in [7, 11) is 0. The summed E-state index contributed by atoms with van der Waals surface area (Å²) >= 11 is 1.73. The lowest BCUT2D eigenvalue weighted by Gasteiger charge is -2.40. The molecule has 158 valence electrons. The van der Waals surface area contributed by atoms with Gasteiger partial charge in [-0.05, 0) is 50.5 Å². The number of carbonyl (C=O) groups excluding carboxylic acids is 1. The lowest BCUT2D eigenvalue weighted by atomic mass is 9.95. The Morgan fingerprint density at radius 1 is 1.24 bits per heavy atom. The van der Waals surface area contributed by atoms with Crippen LogP contribution in [0.25, 0.3) is 0 Å². The number of thiophene rings is 1. The maximum atomic E-state index is 11.7. The monoisotopic (exact) mass is 415 g/mol. The first-order valence-electron chi connectivity index (χ1n) is 10.9. The van der Waals surface area contributed by atoms with Crippen LogP contribution in [-0.2, 0) is 4.79 Å². The molecule has 0 spiro atoms. The molecule has 2 aromatic rings. The third-order valence-electron chi connectivity index (χ3n) is 6.57. The van der Waals surface area contributed by atoms with Gasteiger partial charge in [-0.1, -0.05) is 19.9 Å². The topological polar surface area (TPSA) is 63.1 Å². The molecule has 1 N–H and O–H groups in total. The Balaban J connectivity index is 1.43. The SMILES string of the molecule is CC(=O)N[C@@H](CCN1[C@@H]2CC[C@H]1C[C@H](n1c(C)nnc1C(C)C)C2)c1cccs1. The van der Waals surface area contributed by atoms with Crippen molar-refractivity contribution >= 4 is 17.2 Å². The minimum absolute atomic E-state index is 0.0503.